The zero-order valence-electron chi connectivity index (χ0n) is 16.6. The molecule has 0 aliphatic heterocycles. The molecule has 0 heterocycles. The van der Waals surface area contributed by atoms with E-state index >= 15 is 0 Å². The van der Waals surface area contributed by atoms with Crippen LogP contribution in [-0.2, 0) is 30.2 Å². The van der Waals surface area contributed by atoms with Gasteiger partial charge in [0.2, 0.25) is 0 Å². The Morgan fingerprint density at radius 2 is 1.71 bits per heavy atom. The second-order valence-corrected chi connectivity index (χ2v) is 6.95. The summed E-state index contributed by atoms with van der Waals surface area (Å²) >= 11 is 1.68. The summed E-state index contributed by atoms with van der Waals surface area (Å²) in [5, 5.41) is 6.61. The molecule has 0 spiro atoms. The predicted molar refractivity (Wildman–Crippen MR) is 128 cm³/mol. The second kappa shape index (κ2) is 13.8. The molecule has 0 aliphatic rings. The fraction of sp³-hybridized carbons (Fsp3) is 0.381. The fourth-order valence-electron chi connectivity index (χ4n) is 2.62. The number of rotatable bonds is 9. The predicted octanol–water partition coefficient (Wildman–Crippen LogP) is 4.71. The summed E-state index contributed by atoms with van der Waals surface area (Å²) in [6, 6.07) is 13.3. The van der Waals surface area contributed by atoms with Crippen molar-refractivity contribution in [1.29, 1.82) is 0 Å². The first-order valence-electron chi connectivity index (χ1n) is 9.02. The maximum Gasteiger partial charge on any atom is 0.191 e. The Kier molecular flexibility index (Phi) is 12.2. The van der Waals surface area contributed by atoms with E-state index < -0.39 is 0 Å². The summed E-state index contributed by atoms with van der Waals surface area (Å²) in [7, 11) is 1.74. The van der Waals surface area contributed by atoms with E-state index in [0.29, 0.717) is 25.7 Å². The topological polar surface area (TPSA) is 45.6 Å². The van der Waals surface area contributed by atoms with Gasteiger partial charge in [-0.15, -0.1) is 24.0 Å². The Balaban J connectivity index is 0.00000392. The Labute approximate surface area is 188 Å². The van der Waals surface area contributed by atoms with Gasteiger partial charge in [0.15, 0.2) is 5.96 Å². The van der Waals surface area contributed by atoms with E-state index in [4.69, 9.17) is 4.74 Å². The maximum absolute atomic E-state index is 13.5. The summed E-state index contributed by atoms with van der Waals surface area (Å²) in [6.45, 7) is 4.63. The first-order chi connectivity index (χ1) is 13.2. The molecular weight excluding hydrogens is 488 g/mol. The monoisotopic (exact) mass is 517 g/mol. The molecular formula is C21H29FIN3OS. The third-order valence-electron chi connectivity index (χ3n) is 4.09. The first-order valence-corrected chi connectivity index (χ1v) is 10.4. The smallest absolute Gasteiger partial charge is 0.191 e. The van der Waals surface area contributed by atoms with Gasteiger partial charge in [0.25, 0.3) is 0 Å². The van der Waals surface area contributed by atoms with Gasteiger partial charge in [0, 0.05) is 32.5 Å². The van der Waals surface area contributed by atoms with Crippen molar-refractivity contribution < 1.29 is 9.13 Å². The third kappa shape index (κ3) is 8.36. The van der Waals surface area contributed by atoms with Crippen LogP contribution in [0.2, 0.25) is 0 Å². The Hall–Kier alpha value is -1.32. The highest BCUT2D eigenvalue weighted by Crippen LogP contribution is 2.16. The molecule has 0 radical (unpaired) electrons. The highest BCUT2D eigenvalue weighted by Gasteiger charge is 2.06. The largest absolute Gasteiger partial charge is 0.377 e. The highest BCUT2D eigenvalue weighted by molar-refractivity contribution is 14.0. The van der Waals surface area contributed by atoms with Gasteiger partial charge < -0.3 is 15.4 Å². The molecule has 4 nitrogen and oxygen atoms in total. The average Bonchev–Trinajstić information content (AvgIpc) is 2.69. The van der Waals surface area contributed by atoms with Gasteiger partial charge in [-0.05, 0) is 47.6 Å². The zero-order chi connectivity index (χ0) is 19.5. The SMILES string of the molecule is CCOCc1ccc(CNC(=NC)NCc2ccc(F)cc2CSC)cc1.I. The Morgan fingerprint density at radius 3 is 2.36 bits per heavy atom. The number of nitrogens with one attached hydrogen (secondary N) is 2. The number of nitrogens with zero attached hydrogens (tertiary/aromatic N) is 1. The minimum absolute atomic E-state index is 0. The number of hydrogen-bond donors (Lipinski definition) is 2. The lowest BCUT2D eigenvalue weighted by molar-refractivity contribution is 0.134. The Morgan fingerprint density at radius 1 is 1.04 bits per heavy atom. The van der Waals surface area contributed by atoms with Crippen LogP contribution in [0.5, 0.6) is 0 Å². The van der Waals surface area contributed by atoms with Crippen LogP contribution in [0.15, 0.2) is 47.5 Å². The minimum Gasteiger partial charge on any atom is -0.377 e. The van der Waals surface area contributed by atoms with E-state index in [1.807, 2.05) is 19.2 Å². The van der Waals surface area contributed by atoms with Crippen LogP contribution in [0.4, 0.5) is 4.39 Å². The molecule has 0 atom stereocenters. The highest BCUT2D eigenvalue weighted by atomic mass is 127. The van der Waals surface area contributed by atoms with E-state index in [-0.39, 0.29) is 29.8 Å². The summed E-state index contributed by atoms with van der Waals surface area (Å²) in [5.74, 6) is 1.31. The van der Waals surface area contributed by atoms with E-state index in [1.165, 1.54) is 17.2 Å². The molecule has 28 heavy (non-hydrogen) atoms. The van der Waals surface area contributed by atoms with Crippen LogP contribution >= 0.6 is 35.7 Å². The van der Waals surface area contributed by atoms with Gasteiger partial charge in [0.1, 0.15) is 5.82 Å². The molecule has 0 amide bonds. The van der Waals surface area contributed by atoms with Crippen LogP contribution < -0.4 is 10.6 Å². The van der Waals surface area contributed by atoms with Gasteiger partial charge in [-0.3, -0.25) is 4.99 Å². The second-order valence-electron chi connectivity index (χ2n) is 6.08. The summed E-state index contributed by atoms with van der Waals surface area (Å²) in [4.78, 5) is 4.26. The van der Waals surface area contributed by atoms with Crippen molar-refractivity contribution in [2.24, 2.45) is 4.99 Å². The van der Waals surface area contributed by atoms with E-state index in [9.17, 15) is 4.39 Å². The van der Waals surface area contributed by atoms with Crippen molar-refractivity contribution in [2.45, 2.75) is 32.4 Å². The van der Waals surface area contributed by atoms with E-state index in [0.717, 1.165) is 23.5 Å². The van der Waals surface area contributed by atoms with E-state index in [1.54, 1.807) is 24.9 Å². The lowest BCUT2D eigenvalue weighted by Crippen LogP contribution is -2.36. The van der Waals surface area contributed by atoms with Crippen molar-refractivity contribution in [2.75, 3.05) is 19.9 Å². The lowest BCUT2D eigenvalue weighted by Gasteiger charge is -2.14. The molecule has 0 saturated carbocycles. The molecule has 0 saturated heterocycles. The number of aliphatic imine (C=N–C) groups is 1. The summed E-state index contributed by atoms with van der Waals surface area (Å²) < 4.78 is 18.9. The van der Waals surface area contributed by atoms with Crippen LogP contribution in [0.3, 0.4) is 0 Å². The summed E-state index contributed by atoms with van der Waals surface area (Å²) in [5.41, 5.74) is 4.42. The van der Waals surface area contributed by atoms with Crippen molar-refractivity contribution >= 4 is 41.7 Å². The number of halogens is 2. The molecule has 7 heteroatoms. The van der Waals surface area contributed by atoms with Crippen molar-refractivity contribution in [3.05, 3.63) is 70.5 Å². The lowest BCUT2D eigenvalue weighted by atomic mass is 10.1. The van der Waals surface area contributed by atoms with Crippen LogP contribution in [0.25, 0.3) is 0 Å². The third-order valence-corrected chi connectivity index (χ3v) is 4.69. The molecule has 2 rings (SSSR count). The standard InChI is InChI=1S/C21H28FN3OS.HI/c1-4-26-14-17-7-5-16(6-8-17)12-24-21(23-2)25-13-18-9-10-20(22)11-19(18)15-27-3;/h5-11H,4,12-15H2,1-3H3,(H2,23,24,25);1H. The van der Waals surface area contributed by atoms with Crippen LogP contribution in [0.1, 0.15) is 29.2 Å². The zero-order valence-corrected chi connectivity index (χ0v) is 19.8. The molecule has 0 aromatic heterocycles. The number of hydrogen-bond acceptors (Lipinski definition) is 3. The van der Waals surface area contributed by atoms with Gasteiger partial charge in [-0.1, -0.05) is 30.3 Å². The van der Waals surface area contributed by atoms with Gasteiger partial charge in [0.05, 0.1) is 6.61 Å². The number of ether oxygens (including phenoxy) is 1. The molecule has 0 aliphatic carbocycles. The molecule has 2 aromatic carbocycles. The molecule has 154 valence electrons. The molecule has 2 N–H and O–H groups in total. The maximum atomic E-state index is 13.5. The van der Waals surface area contributed by atoms with Gasteiger partial charge in [-0.2, -0.15) is 11.8 Å². The average molecular weight is 517 g/mol. The molecule has 2 aromatic rings. The normalized spacial score (nSPS) is 11.1. The van der Waals surface area contributed by atoms with Crippen molar-refractivity contribution in [3.8, 4) is 0 Å². The van der Waals surface area contributed by atoms with Crippen LogP contribution in [-0.4, -0.2) is 25.9 Å². The number of thioether (sulfide) groups is 1. The fourth-order valence-corrected chi connectivity index (χ4v) is 3.20. The van der Waals surface area contributed by atoms with Gasteiger partial charge >= 0.3 is 0 Å². The number of benzene rings is 2. The minimum atomic E-state index is -0.196. The van der Waals surface area contributed by atoms with Gasteiger partial charge in [-0.25, -0.2) is 4.39 Å². The van der Waals surface area contributed by atoms with Crippen molar-refractivity contribution in [3.63, 3.8) is 0 Å². The molecule has 0 bridgehead atoms. The van der Waals surface area contributed by atoms with E-state index in [2.05, 4.69) is 39.9 Å². The van der Waals surface area contributed by atoms with Crippen LogP contribution in [0, 0.1) is 5.82 Å². The summed E-state index contributed by atoms with van der Waals surface area (Å²) in [6.07, 6.45) is 2.02. The molecule has 0 fully saturated rings. The quantitative estimate of drug-likeness (QED) is 0.288. The number of guanidine groups is 1. The van der Waals surface area contributed by atoms with Crippen molar-refractivity contribution in [1.82, 2.24) is 10.6 Å². The molecule has 0 unspecified atom stereocenters. The first kappa shape index (κ1) is 24.7. The Bertz CT molecular complexity index is 741.